The fourth-order valence-electron chi connectivity index (χ4n) is 5.29. The molecule has 2 aliphatic carbocycles. The SMILES string of the molecule is CC/C=C\CC1CCC(CCCCC2CCC(C/C=C/CC)CC2)CC1. The highest BCUT2D eigenvalue weighted by atomic mass is 14.3. The maximum Gasteiger partial charge on any atom is -0.0322 e. The molecule has 2 fully saturated rings. The fraction of sp³-hybridized carbons (Fsp3) is 0.846. The van der Waals surface area contributed by atoms with Gasteiger partial charge in [0.1, 0.15) is 0 Å². The Morgan fingerprint density at radius 1 is 0.500 bits per heavy atom. The van der Waals surface area contributed by atoms with Crippen LogP contribution in [0.1, 0.15) is 117 Å². The molecule has 0 nitrogen and oxygen atoms in total. The van der Waals surface area contributed by atoms with Crippen LogP contribution in [-0.2, 0) is 0 Å². The highest BCUT2D eigenvalue weighted by molar-refractivity contribution is 4.86. The summed E-state index contributed by atoms with van der Waals surface area (Å²) in [5.41, 5.74) is 0. The Kier molecular flexibility index (Phi) is 11.4. The molecule has 26 heavy (non-hydrogen) atoms. The number of hydrogen-bond donors (Lipinski definition) is 0. The van der Waals surface area contributed by atoms with Gasteiger partial charge in [-0.1, -0.05) is 89.5 Å². The normalized spacial score (nSPS) is 30.4. The zero-order valence-electron chi connectivity index (χ0n) is 17.9. The molecule has 0 amide bonds. The van der Waals surface area contributed by atoms with Gasteiger partial charge in [0.2, 0.25) is 0 Å². The summed E-state index contributed by atoms with van der Waals surface area (Å²) in [6, 6.07) is 0. The smallest absolute Gasteiger partial charge is 0.0322 e. The van der Waals surface area contributed by atoms with E-state index in [0.717, 1.165) is 23.7 Å². The first kappa shape index (κ1) is 21.8. The minimum absolute atomic E-state index is 0.997. The van der Waals surface area contributed by atoms with Crippen LogP contribution in [0.3, 0.4) is 0 Å². The summed E-state index contributed by atoms with van der Waals surface area (Å²) in [6.45, 7) is 4.48. The Labute approximate surface area is 164 Å². The maximum absolute atomic E-state index is 2.43. The first-order valence-corrected chi connectivity index (χ1v) is 12.1. The lowest BCUT2D eigenvalue weighted by molar-refractivity contribution is 0.243. The predicted octanol–water partition coefficient (Wildman–Crippen LogP) is 8.87. The number of hydrogen-bond acceptors (Lipinski definition) is 0. The summed E-state index contributed by atoms with van der Waals surface area (Å²) >= 11 is 0. The van der Waals surface area contributed by atoms with Crippen LogP contribution >= 0.6 is 0 Å². The second-order valence-corrected chi connectivity index (χ2v) is 9.29. The Hall–Kier alpha value is -0.520. The van der Waals surface area contributed by atoms with Crippen LogP contribution < -0.4 is 0 Å². The highest BCUT2D eigenvalue weighted by Gasteiger charge is 2.22. The van der Waals surface area contributed by atoms with Crippen LogP contribution in [0.2, 0.25) is 0 Å². The summed E-state index contributed by atoms with van der Waals surface area (Å²) in [5.74, 6) is 4.11. The largest absolute Gasteiger partial charge is 0.0888 e. The van der Waals surface area contributed by atoms with E-state index < -0.39 is 0 Å². The minimum Gasteiger partial charge on any atom is -0.0888 e. The van der Waals surface area contributed by atoms with Gasteiger partial charge >= 0.3 is 0 Å². The number of rotatable bonds is 11. The van der Waals surface area contributed by atoms with E-state index in [2.05, 4.69) is 38.2 Å². The van der Waals surface area contributed by atoms with Crippen molar-refractivity contribution in [1.82, 2.24) is 0 Å². The quantitative estimate of drug-likeness (QED) is 0.255. The molecule has 0 saturated heterocycles. The van der Waals surface area contributed by atoms with Gasteiger partial charge in [0.05, 0.1) is 0 Å². The average molecular weight is 359 g/mol. The lowest BCUT2D eigenvalue weighted by Gasteiger charge is -2.29. The van der Waals surface area contributed by atoms with Gasteiger partial charge in [-0.3, -0.25) is 0 Å². The molecule has 2 saturated carbocycles. The van der Waals surface area contributed by atoms with E-state index in [9.17, 15) is 0 Å². The van der Waals surface area contributed by atoms with Crippen LogP contribution in [0, 0.1) is 23.7 Å². The highest BCUT2D eigenvalue weighted by Crippen LogP contribution is 2.36. The molecule has 0 radical (unpaired) electrons. The molecule has 0 aromatic heterocycles. The lowest BCUT2D eigenvalue weighted by atomic mass is 9.77. The summed E-state index contributed by atoms with van der Waals surface area (Å²) < 4.78 is 0. The van der Waals surface area contributed by atoms with Gasteiger partial charge in [0, 0.05) is 0 Å². The van der Waals surface area contributed by atoms with Gasteiger partial charge in [-0.05, 0) is 75.0 Å². The molecule has 0 bridgehead atoms. The van der Waals surface area contributed by atoms with Gasteiger partial charge < -0.3 is 0 Å². The van der Waals surface area contributed by atoms with Crippen LogP contribution in [0.15, 0.2) is 24.3 Å². The molecule has 0 atom stereocenters. The molecule has 0 heterocycles. The average Bonchev–Trinajstić information content (AvgIpc) is 2.68. The predicted molar refractivity (Wildman–Crippen MR) is 117 cm³/mol. The van der Waals surface area contributed by atoms with E-state index in [4.69, 9.17) is 0 Å². The molecule has 0 aromatic carbocycles. The van der Waals surface area contributed by atoms with Crippen molar-refractivity contribution in [2.75, 3.05) is 0 Å². The molecule has 0 aliphatic heterocycles. The van der Waals surface area contributed by atoms with Gasteiger partial charge in [0.25, 0.3) is 0 Å². The van der Waals surface area contributed by atoms with Crippen molar-refractivity contribution in [1.29, 1.82) is 0 Å². The van der Waals surface area contributed by atoms with Crippen molar-refractivity contribution in [2.24, 2.45) is 23.7 Å². The minimum atomic E-state index is 0.997. The fourth-order valence-corrected chi connectivity index (χ4v) is 5.29. The molecule has 0 spiro atoms. The Morgan fingerprint density at radius 2 is 0.846 bits per heavy atom. The van der Waals surface area contributed by atoms with Gasteiger partial charge in [-0.25, -0.2) is 0 Å². The first-order chi connectivity index (χ1) is 12.8. The Morgan fingerprint density at radius 3 is 1.19 bits per heavy atom. The molecule has 0 heteroatoms. The van der Waals surface area contributed by atoms with Crippen molar-refractivity contribution in [3.63, 3.8) is 0 Å². The second kappa shape index (κ2) is 13.6. The lowest BCUT2D eigenvalue weighted by Crippen LogP contribution is -2.15. The molecular weight excluding hydrogens is 312 g/mol. The maximum atomic E-state index is 2.43. The topological polar surface area (TPSA) is 0 Å². The number of allylic oxidation sites excluding steroid dienone is 4. The zero-order chi connectivity index (χ0) is 18.5. The van der Waals surface area contributed by atoms with Gasteiger partial charge in [-0.15, -0.1) is 0 Å². The Bertz CT molecular complexity index is 337. The third-order valence-electron chi connectivity index (χ3n) is 7.15. The Balaban J connectivity index is 1.46. The third kappa shape index (κ3) is 8.92. The van der Waals surface area contributed by atoms with Crippen LogP contribution in [0.4, 0.5) is 0 Å². The van der Waals surface area contributed by atoms with Crippen molar-refractivity contribution < 1.29 is 0 Å². The monoisotopic (exact) mass is 358 g/mol. The molecule has 0 aromatic rings. The second-order valence-electron chi connectivity index (χ2n) is 9.29. The summed E-state index contributed by atoms with van der Waals surface area (Å²) in [6.07, 6.45) is 32.7. The first-order valence-electron chi connectivity index (χ1n) is 12.1. The van der Waals surface area contributed by atoms with Crippen molar-refractivity contribution in [3.05, 3.63) is 24.3 Å². The van der Waals surface area contributed by atoms with Crippen LogP contribution in [0.25, 0.3) is 0 Å². The van der Waals surface area contributed by atoms with E-state index >= 15 is 0 Å². The molecule has 0 unspecified atom stereocenters. The van der Waals surface area contributed by atoms with E-state index in [1.54, 1.807) is 0 Å². The van der Waals surface area contributed by atoms with Crippen molar-refractivity contribution in [3.8, 4) is 0 Å². The van der Waals surface area contributed by atoms with E-state index in [1.165, 1.54) is 103 Å². The zero-order valence-corrected chi connectivity index (χ0v) is 17.9. The van der Waals surface area contributed by atoms with Crippen molar-refractivity contribution in [2.45, 2.75) is 117 Å². The van der Waals surface area contributed by atoms with E-state index in [0.29, 0.717) is 0 Å². The molecule has 150 valence electrons. The summed E-state index contributed by atoms with van der Waals surface area (Å²) in [4.78, 5) is 0. The van der Waals surface area contributed by atoms with E-state index in [1.807, 2.05) is 0 Å². The standard InChI is InChI=1S/C26H46/c1-3-5-7-11-23-15-19-25(20-16-23)13-9-10-14-26-21-17-24(18-22-26)12-8-6-4-2/h5-8,23-26H,3-4,9-22H2,1-2H3/b7-5-,8-6+. The van der Waals surface area contributed by atoms with Gasteiger partial charge in [-0.2, -0.15) is 0 Å². The molecule has 2 rings (SSSR count). The number of unbranched alkanes of at least 4 members (excludes halogenated alkanes) is 1. The van der Waals surface area contributed by atoms with Crippen LogP contribution in [0.5, 0.6) is 0 Å². The third-order valence-corrected chi connectivity index (χ3v) is 7.15. The van der Waals surface area contributed by atoms with Crippen LogP contribution in [-0.4, -0.2) is 0 Å². The molecular formula is C26H46. The van der Waals surface area contributed by atoms with E-state index in [-0.39, 0.29) is 0 Å². The van der Waals surface area contributed by atoms with Crippen molar-refractivity contribution >= 4 is 0 Å². The summed E-state index contributed by atoms with van der Waals surface area (Å²) in [5, 5.41) is 0. The summed E-state index contributed by atoms with van der Waals surface area (Å²) in [7, 11) is 0. The molecule has 2 aliphatic rings. The molecule has 0 N–H and O–H groups in total. The van der Waals surface area contributed by atoms with Gasteiger partial charge in [0.15, 0.2) is 0 Å².